The van der Waals surface area contributed by atoms with Crippen molar-refractivity contribution in [1.82, 2.24) is 9.78 Å². The van der Waals surface area contributed by atoms with Gasteiger partial charge in [0.25, 0.3) is 0 Å². The second kappa shape index (κ2) is 5.08. The Labute approximate surface area is 110 Å². The maximum Gasteiger partial charge on any atom is 0.0664 e. The van der Waals surface area contributed by atoms with Crippen LogP contribution in [0.25, 0.3) is 5.69 Å². The average Bonchev–Trinajstić information content (AvgIpc) is 2.64. The summed E-state index contributed by atoms with van der Waals surface area (Å²) in [5, 5.41) is 5.55. The van der Waals surface area contributed by atoms with Gasteiger partial charge in [0.2, 0.25) is 0 Å². The van der Waals surface area contributed by atoms with Crippen LogP contribution in [-0.4, -0.2) is 16.3 Å². The molecule has 0 saturated carbocycles. The van der Waals surface area contributed by atoms with E-state index in [1.54, 1.807) is 12.1 Å². The van der Waals surface area contributed by atoms with Gasteiger partial charge >= 0.3 is 0 Å². The highest BCUT2D eigenvalue weighted by molar-refractivity contribution is 6.42. The lowest BCUT2D eigenvalue weighted by Crippen LogP contribution is -2.04. The Bertz CT molecular complexity index is 535. The molecular formula is C12H13Cl2N3. The molecule has 0 spiro atoms. The van der Waals surface area contributed by atoms with Crippen molar-refractivity contribution in [3.05, 3.63) is 45.7 Å². The quantitative estimate of drug-likeness (QED) is 0.931. The summed E-state index contributed by atoms with van der Waals surface area (Å²) in [4.78, 5) is 0. The van der Waals surface area contributed by atoms with Gasteiger partial charge in [-0.25, -0.2) is 4.68 Å². The van der Waals surface area contributed by atoms with E-state index in [-0.39, 0.29) is 0 Å². The first-order valence-corrected chi connectivity index (χ1v) is 6.08. The first kappa shape index (κ1) is 12.4. The fourth-order valence-corrected chi connectivity index (χ4v) is 1.98. The third kappa shape index (κ3) is 2.63. The minimum atomic E-state index is 0.527. The molecule has 2 N–H and O–H groups in total. The normalized spacial score (nSPS) is 10.8. The summed E-state index contributed by atoms with van der Waals surface area (Å²) in [5.41, 5.74) is 8.45. The largest absolute Gasteiger partial charge is 0.330 e. The van der Waals surface area contributed by atoms with Crippen LogP contribution in [0.15, 0.2) is 24.3 Å². The smallest absolute Gasteiger partial charge is 0.0664 e. The maximum atomic E-state index is 5.99. The predicted octanol–water partition coefficient (Wildman–Crippen LogP) is 2.99. The monoisotopic (exact) mass is 269 g/mol. The zero-order valence-electron chi connectivity index (χ0n) is 9.45. The number of hydrogen-bond donors (Lipinski definition) is 1. The highest BCUT2D eigenvalue weighted by Crippen LogP contribution is 2.25. The molecule has 0 aliphatic carbocycles. The fourth-order valence-electron chi connectivity index (χ4n) is 1.69. The van der Waals surface area contributed by atoms with Crippen LogP contribution in [0.3, 0.4) is 0 Å². The number of nitrogens with two attached hydrogens (primary N) is 1. The Hall–Kier alpha value is -1.03. The molecule has 0 radical (unpaired) electrons. The summed E-state index contributed by atoms with van der Waals surface area (Å²) >= 11 is 11.9. The molecule has 90 valence electrons. The van der Waals surface area contributed by atoms with E-state index < -0.39 is 0 Å². The summed E-state index contributed by atoms with van der Waals surface area (Å²) in [7, 11) is 0. The Morgan fingerprint density at radius 3 is 2.65 bits per heavy atom. The van der Waals surface area contributed by atoms with Crippen molar-refractivity contribution in [2.45, 2.75) is 13.3 Å². The lowest BCUT2D eigenvalue weighted by molar-refractivity contribution is 0.804. The van der Waals surface area contributed by atoms with E-state index in [1.807, 2.05) is 23.7 Å². The van der Waals surface area contributed by atoms with Crippen molar-refractivity contribution in [1.29, 1.82) is 0 Å². The second-order valence-corrected chi connectivity index (χ2v) is 4.64. The average molecular weight is 270 g/mol. The van der Waals surface area contributed by atoms with Crippen LogP contribution in [0.2, 0.25) is 10.0 Å². The van der Waals surface area contributed by atoms with Crippen LogP contribution < -0.4 is 5.73 Å². The van der Waals surface area contributed by atoms with Crippen LogP contribution in [0, 0.1) is 6.92 Å². The maximum absolute atomic E-state index is 5.99. The molecule has 0 amide bonds. The molecule has 0 aliphatic rings. The SMILES string of the molecule is Cc1cc(CCN)nn1-c1ccc(Cl)c(Cl)c1. The molecule has 1 heterocycles. The summed E-state index contributed by atoms with van der Waals surface area (Å²) < 4.78 is 1.84. The molecule has 0 saturated heterocycles. The predicted molar refractivity (Wildman–Crippen MR) is 71.1 cm³/mol. The summed E-state index contributed by atoms with van der Waals surface area (Å²) in [5.74, 6) is 0. The molecule has 0 aliphatic heterocycles. The molecule has 0 bridgehead atoms. The van der Waals surface area contributed by atoms with E-state index in [9.17, 15) is 0 Å². The number of hydrogen-bond acceptors (Lipinski definition) is 2. The van der Waals surface area contributed by atoms with Gasteiger partial charge in [-0.1, -0.05) is 23.2 Å². The second-order valence-electron chi connectivity index (χ2n) is 3.83. The van der Waals surface area contributed by atoms with Gasteiger partial charge in [-0.15, -0.1) is 0 Å². The van der Waals surface area contributed by atoms with Gasteiger partial charge in [0.1, 0.15) is 0 Å². The molecule has 17 heavy (non-hydrogen) atoms. The first-order valence-electron chi connectivity index (χ1n) is 5.33. The minimum absolute atomic E-state index is 0.527. The third-order valence-corrected chi connectivity index (χ3v) is 3.23. The van der Waals surface area contributed by atoms with Crippen molar-refractivity contribution in [2.75, 3.05) is 6.54 Å². The van der Waals surface area contributed by atoms with E-state index in [4.69, 9.17) is 28.9 Å². The molecule has 5 heteroatoms. The van der Waals surface area contributed by atoms with E-state index >= 15 is 0 Å². The third-order valence-electron chi connectivity index (χ3n) is 2.49. The number of nitrogens with zero attached hydrogens (tertiary/aromatic N) is 2. The van der Waals surface area contributed by atoms with Crippen molar-refractivity contribution >= 4 is 23.2 Å². The zero-order valence-corrected chi connectivity index (χ0v) is 11.0. The van der Waals surface area contributed by atoms with Gasteiger partial charge in [-0.05, 0) is 37.7 Å². The zero-order chi connectivity index (χ0) is 12.4. The van der Waals surface area contributed by atoms with Gasteiger partial charge < -0.3 is 5.73 Å². The van der Waals surface area contributed by atoms with E-state index in [0.717, 1.165) is 23.5 Å². The number of aryl methyl sites for hydroxylation is 1. The molecule has 3 nitrogen and oxygen atoms in total. The number of aromatic nitrogens is 2. The molecule has 0 unspecified atom stereocenters. The van der Waals surface area contributed by atoms with Crippen LogP contribution in [0.4, 0.5) is 0 Å². The van der Waals surface area contributed by atoms with Gasteiger partial charge in [-0.3, -0.25) is 0 Å². The molecule has 2 aromatic rings. The number of halogens is 2. The molecule has 0 atom stereocenters. The van der Waals surface area contributed by atoms with E-state index in [1.165, 1.54) is 0 Å². The van der Waals surface area contributed by atoms with E-state index in [0.29, 0.717) is 16.6 Å². The number of rotatable bonds is 3. The first-order chi connectivity index (χ1) is 8.11. The van der Waals surface area contributed by atoms with Crippen molar-refractivity contribution < 1.29 is 0 Å². The minimum Gasteiger partial charge on any atom is -0.330 e. The molecular weight excluding hydrogens is 257 g/mol. The number of benzene rings is 1. The molecule has 1 aromatic heterocycles. The molecule has 2 rings (SSSR count). The lowest BCUT2D eigenvalue weighted by atomic mass is 10.3. The van der Waals surface area contributed by atoms with Gasteiger partial charge in [0, 0.05) is 12.1 Å². The Balaban J connectivity index is 2.41. The standard InChI is InChI=1S/C12H13Cl2N3/c1-8-6-9(4-5-15)16-17(8)10-2-3-11(13)12(14)7-10/h2-3,6-7H,4-5,15H2,1H3. The van der Waals surface area contributed by atoms with Crippen LogP contribution in [-0.2, 0) is 6.42 Å². The van der Waals surface area contributed by atoms with E-state index in [2.05, 4.69) is 5.10 Å². The van der Waals surface area contributed by atoms with Crippen molar-refractivity contribution in [2.24, 2.45) is 5.73 Å². The summed E-state index contributed by atoms with van der Waals surface area (Å²) in [6, 6.07) is 7.48. The topological polar surface area (TPSA) is 43.8 Å². The van der Waals surface area contributed by atoms with Gasteiger partial charge in [0.05, 0.1) is 21.4 Å². The van der Waals surface area contributed by atoms with Gasteiger partial charge in [-0.2, -0.15) is 5.10 Å². The highest BCUT2D eigenvalue weighted by Gasteiger charge is 2.07. The van der Waals surface area contributed by atoms with Crippen LogP contribution in [0.1, 0.15) is 11.4 Å². The molecule has 1 aromatic carbocycles. The Kier molecular flexibility index (Phi) is 3.72. The molecule has 0 fully saturated rings. The summed E-state index contributed by atoms with van der Waals surface area (Å²) in [6.07, 6.45) is 0.773. The van der Waals surface area contributed by atoms with Crippen LogP contribution in [0.5, 0.6) is 0 Å². The van der Waals surface area contributed by atoms with Crippen molar-refractivity contribution in [3.63, 3.8) is 0 Å². The lowest BCUT2D eigenvalue weighted by Gasteiger charge is -2.05. The van der Waals surface area contributed by atoms with Gasteiger partial charge in [0.15, 0.2) is 0 Å². The Morgan fingerprint density at radius 1 is 1.24 bits per heavy atom. The van der Waals surface area contributed by atoms with Crippen molar-refractivity contribution in [3.8, 4) is 5.69 Å². The fraction of sp³-hybridized carbons (Fsp3) is 0.250. The Morgan fingerprint density at radius 2 is 2.00 bits per heavy atom. The van der Waals surface area contributed by atoms with Crippen LogP contribution >= 0.6 is 23.2 Å². The highest BCUT2D eigenvalue weighted by atomic mass is 35.5. The summed E-state index contributed by atoms with van der Waals surface area (Å²) in [6.45, 7) is 2.59.